The number of carbonyl (C=O) groups is 2. The Labute approximate surface area is 158 Å². The second-order valence-corrected chi connectivity index (χ2v) is 5.94. The average molecular weight is 398 g/mol. The van der Waals surface area contributed by atoms with E-state index in [1.807, 2.05) is 0 Å². The van der Waals surface area contributed by atoms with Crippen molar-refractivity contribution in [1.82, 2.24) is 10.6 Å². The normalized spacial score (nSPS) is 12.2. The third kappa shape index (κ3) is 5.45. The summed E-state index contributed by atoms with van der Waals surface area (Å²) in [6.07, 6.45) is -4.49. The SMILES string of the molecule is COc1ccc([C@@H](C)NC(=O)CNC(=O)c2ccc(C(F)(F)F)cc2)cc1F. The Morgan fingerprint density at radius 3 is 2.29 bits per heavy atom. The van der Waals surface area contributed by atoms with Gasteiger partial charge in [0.1, 0.15) is 0 Å². The van der Waals surface area contributed by atoms with E-state index in [4.69, 9.17) is 4.74 Å². The van der Waals surface area contributed by atoms with Gasteiger partial charge in [0.2, 0.25) is 5.91 Å². The smallest absolute Gasteiger partial charge is 0.416 e. The molecule has 0 aliphatic rings. The highest BCUT2D eigenvalue weighted by molar-refractivity contribution is 5.96. The molecule has 0 bridgehead atoms. The summed E-state index contributed by atoms with van der Waals surface area (Å²) < 4.78 is 56.1. The number of halogens is 4. The quantitative estimate of drug-likeness (QED) is 0.733. The van der Waals surface area contributed by atoms with E-state index in [1.54, 1.807) is 13.0 Å². The fourth-order valence-corrected chi connectivity index (χ4v) is 2.40. The molecule has 0 heterocycles. The van der Waals surface area contributed by atoms with Crippen LogP contribution in [0, 0.1) is 5.82 Å². The van der Waals surface area contributed by atoms with E-state index in [0.29, 0.717) is 5.56 Å². The van der Waals surface area contributed by atoms with Crippen molar-refractivity contribution < 1.29 is 31.9 Å². The molecule has 0 saturated heterocycles. The van der Waals surface area contributed by atoms with E-state index in [0.717, 1.165) is 24.3 Å². The standard InChI is InChI=1S/C19H18F4N2O3/c1-11(13-5-8-16(28-2)15(20)9-13)25-17(26)10-24-18(27)12-3-6-14(7-4-12)19(21,22)23/h3-9,11H,10H2,1-2H3,(H,24,27)(H,25,26)/t11-/m1/s1. The summed E-state index contributed by atoms with van der Waals surface area (Å²) >= 11 is 0. The van der Waals surface area contributed by atoms with Crippen LogP contribution in [0.1, 0.15) is 34.5 Å². The highest BCUT2D eigenvalue weighted by Crippen LogP contribution is 2.29. The van der Waals surface area contributed by atoms with Gasteiger partial charge in [-0.2, -0.15) is 13.2 Å². The van der Waals surface area contributed by atoms with Crippen molar-refractivity contribution >= 4 is 11.8 Å². The third-order valence-corrected chi connectivity index (χ3v) is 3.94. The molecule has 5 nitrogen and oxygen atoms in total. The van der Waals surface area contributed by atoms with E-state index in [9.17, 15) is 27.2 Å². The van der Waals surface area contributed by atoms with Gasteiger partial charge in [-0.3, -0.25) is 9.59 Å². The highest BCUT2D eigenvalue weighted by Gasteiger charge is 2.30. The van der Waals surface area contributed by atoms with Crippen LogP contribution in [0.4, 0.5) is 17.6 Å². The molecule has 0 aliphatic carbocycles. The van der Waals surface area contributed by atoms with Crippen LogP contribution in [0.5, 0.6) is 5.75 Å². The minimum atomic E-state index is -4.49. The minimum absolute atomic E-state index is 0.00826. The van der Waals surface area contributed by atoms with Crippen molar-refractivity contribution in [2.24, 2.45) is 0 Å². The number of ether oxygens (including phenoxy) is 1. The summed E-state index contributed by atoms with van der Waals surface area (Å²) in [7, 11) is 1.34. The van der Waals surface area contributed by atoms with Crippen molar-refractivity contribution in [1.29, 1.82) is 0 Å². The van der Waals surface area contributed by atoms with Gasteiger partial charge in [-0.25, -0.2) is 4.39 Å². The fourth-order valence-electron chi connectivity index (χ4n) is 2.40. The first-order valence-corrected chi connectivity index (χ1v) is 8.20. The number of alkyl halides is 3. The van der Waals surface area contributed by atoms with Gasteiger partial charge in [0.15, 0.2) is 11.6 Å². The molecule has 0 saturated carbocycles. The number of nitrogens with one attached hydrogen (secondary N) is 2. The number of methoxy groups -OCH3 is 1. The van der Waals surface area contributed by atoms with Crippen LogP contribution in [0.15, 0.2) is 42.5 Å². The first-order chi connectivity index (χ1) is 13.1. The Kier molecular flexibility index (Phi) is 6.61. The summed E-state index contributed by atoms with van der Waals surface area (Å²) in [4.78, 5) is 23.9. The lowest BCUT2D eigenvalue weighted by molar-refractivity contribution is -0.137. The molecule has 2 amide bonds. The molecular weight excluding hydrogens is 380 g/mol. The first kappa shape index (κ1) is 21.2. The fraction of sp³-hybridized carbons (Fsp3) is 0.263. The van der Waals surface area contributed by atoms with Crippen molar-refractivity contribution in [2.45, 2.75) is 19.1 Å². The summed E-state index contributed by atoms with van der Waals surface area (Å²) in [5, 5.41) is 4.90. The van der Waals surface area contributed by atoms with Gasteiger partial charge in [0, 0.05) is 5.56 Å². The molecule has 2 aromatic carbocycles. The molecule has 28 heavy (non-hydrogen) atoms. The topological polar surface area (TPSA) is 67.4 Å². The lowest BCUT2D eigenvalue weighted by atomic mass is 10.1. The monoisotopic (exact) mass is 398 g/mol. The molecular formula is C19H18F4N2O3. The number of hydrogen-bond donors (Lipinski definition) is 2. The van der Waals surface area contributed by atoms with E-state index in [2.05, 4.69) is 10.6 Å². The summed E-state index contributed by atoms with van der Waals surface area (Å²) in [6.45, 7) is 1.25. The molecule has 0 fully saturated rings. The molecule has 2 rings (SSSR count). The molecule has 2 N–H and O–H groups in total. The van der Waals surface area contributed by atoms with E-state index in [-0.39, 0.29) is 17.9 Å². The van der Waals surface area contributed by atoms with Crippen LogP contribution in [-0.4, -0.2) is 25.5 Å². The molecule has 0 spiro atoms. The third-order valence-electron chi connectivity index (χ3n) is 3.94. The maximum Gasteiger partial charge on any atom is 0.416 e. The summed E-state index contributed by atoms with van der Waals surface area (Å²) in [5.74, 6) is -1.72. The van der Waals surface area contributed by atoms with Crippen LogP contribution < -0.4 is 15.4 Å². The zero-order valence-corrected chi connectivity index (χ0v) is 15.1. The van der Waals surface area contributed by atoms with E-state index >= 15 is 0 Å². The number of benzene rings is 2. The predicted octanol–water partition coefficient (Wildman–Crippen LogP) is 3.46. The maximum absolute atomic E-state index is 13.7. The first-order valence-electron chi connectivity index (χ1n) is 8.20. The second kappa shape index (κ2) is 8.73. The lowest BCUT2D eigenvalue weighted by Gasteiger charge is -2.15. The van der Waals surface area contributed by atoms with Gasteiger partial charge < -0.3 is 15.4 Å². The molecule has 9 heteroatoms. The highest BCUT2D eigenvalue weighted by atomic mass is 19.4. The van der Waals surface area contributed by atoms with Crippen molar-refractivity contribution in [3.8, 4) is 5.75 Å². The lowest BCUT2D eigenvalue weighted by Crippen LogP contribution is -2.38. The van der Waals surface area contributed by atoms with Crippen LogP contribution >= 0.6 is 0 Å². The van der Waals surface area contributed by atoms with Crippen molar-refractivity contribution in [3.63, 3.8) is 0 Å². The second-order valence-electron chi connectivity index (χ2n) is 5.94. The molecule has 0 aromatic heterocycles. The van der Waals surface area contributed by atoms with Gasteiger partial charge in [-0.05, 0) is 48.9 Å². The number of hydrogen-bond acceptors (Lipinski definition) is 3. The zero-order chi connectivity index (χ0) is 20.9. The molecule has 1 atom stereocenters. The predicted molar refractivity (Wildman–Crippen MR) is 93.3 cm³/mol. The van der Waals surface area contributed by atoms with Gasteiger partial charge in [0.25, 0.3) is 5.91 Å². The Balaban J connectivity index is 1.89. The van der Waals surface area contributed by atoms with Gasteiger partial charge in [-0.1, -0.05) is 6.07 Å². The van der Waals surface area contributed by atoms with Crippen molar-refractivity contribution in [2.75, 3.05) is 13.7 Å². The van der Waals surface area contributed by atoms with E-state index in [1.165, 1.54) is 19.2 Å². The van der Waals surface area contributed by atoms with E-state index < -0.39 is 35.4 Å². The molecule has 0 aliphatic heterocycles. The van der Waals surface area contributed by atoms with Crippen LogP contribution in [0.2, 0.25) is 0 Å². The Hall–Kier alpha value is -3.10. The van der Waals surface area contributed by atoms with Crippen molar-refractivity contribution in [3.05, 3.63) is 65.0 Å². The van der Waals surface area contributed by atoms with Gasteiger partial charge in [-0.15, -0.1) is 0 Å². The van der Waals surface area contributed by atoms with Gasteiger partial charge >= 0.3 is 6.18 Å². The number of carbonyl (C=O) groups excluding carboxylic acids is 2. The Morgan fingerprint density at radius 2 is 1.75 bits per heavy atom. The average Bonchev–Trinajstić information content (AvgIpc) is 2.65. The largest absolute Gasteiger partial charge is 0.494 e. The zero-order valence-electron chi connectivity index (χ0n) is 15.1. The minimum Gasteiger partial charge on any atom is -0.494 e. The maximum atomic E-state index is 13.7. The molecule has 0 unspecified atom stereocenters. The number of amides is 2. The summed E-state index contributed by atoms with van der Waals surface area (Å²) in [6, 6.07) is 7.34. The molecule has 150 valence electrons. The van der Waals surface area contributed by atoms with Crippen LogP contribution in [0.25, 0.3) is 0 Å². The van der Waals surface area contributed by atoms with Crippen LogP contribution in [0.3, 0.4) is 0 Å². The Bertz CT molecular complexity index is 851. The molecule has 2 aromatic rings. The number of rotatable bonds is 6. The molecule has 0 radical (unpaired) electrons. The Morgan fingerprint density at radius 1 is 1.11 bits per heavy atom. The van der Waals surface area contributed by atoms with Crippen LogP contribution in [-0.2, 0) is 11.0 Å². The summed E-state index contributed by atoms with van der Waals surface area (Å²) in [5.41, 5.74) is -0.380. The van der Waals surface area contributed by atoms with Gasteiger partial charge in [0.05, 0.1) is 25.3 Å².